The summed E-state index contributed by atoms with van der Waals surface area (Å²) < 4.78 is 9.39. The average molecular weight is 642 g/mol. The smallest absolute Gasteiger partial charge is 0.136 e. The molecule has 228 valence electrons. The van der Waals surface area contributed by atoms with Gasteiger partial charge in [-0.25, -0.2) is 4.98 Å². The van der Waals surface area contributed by atoms with Crippen LogP contribution in [0.5, 0.6) is 0 Å². The quantitative estimate of drug-likeness (QED) is 0.192. The van der Waals surface area contributed by atoms with Gasteiger partial charge < -0.3 is 4.42 Å². The zero-order valence-corrected chi connectivity index (χ0v) is 27.2. The summed E-state index contributed by atoms with van der Waals surface area (Å²) >= 11 is 1.91. The predicted molar refractivity (Wildman–Crippen MR) is 206 cm³/mol. The molecular formula is C46H27NOS. The molecule has 11 rings (SSSR count). The number of fused-ring (bicyclic) bond motifs is 11. The highest BCUT2D eigenvalue weighted by atomic mass is 32.1. The summed E-state index contributed by atoms with van der Waals surface area (Å²) in [7, 11) is 0. The molecule has 0 amide bonds. The molecule has 0 N–H and O–H groups in total. The van der Waals surface area contributed by atoms with Crippen LogP contribution in [0.3, 0.4) is 0 Å². The van der Waals surface area contributed by atoms with Gasteiger partial charge in [0.25, 0.3) is 0 Å². The normalized spacial score (nSPS) is 13.9. The molecule has 2 nitrogen and oxygen atoms in total. The fourth-order valence-electron chi connectivity index (χ4n) is 8.23. The predicted octanol–water partition coefficient (Wildman–Crippen LogP) is 13.0. The highest BCUT2D eigenvalue weighted by Crippen LogP contribution is 2.53. The molecule has 0 bridgehead atoms. The molecule has 1 aliphatic carbocycles. The topological polar surface area (TPSA) is 26.0 Å². The van der Waals surface area contributed by atoms with Crippen molar-refractivity contribution in [3.63, 3.8) is 0 Å². The lowest BCUT2D eigenvalue weighted by Gasteiger charge is -2.14. The molecule has 10 aromatic rings. The zero-order valence-electron chi connectivity index (χ0n) is 26.4. The third kappa shape index (κ3) is 3.91. The second-order valence-corrected chi connectivity index (χ2v) is 14.1. The van der Waals surface area contributed by atoms with Gasteiger partial charge in [-0.05, 0) is 63.7 Å². The fourth-order valence-corrected chi connectivity index (χ4v) is 9.50. The largest absolute Gasteiger partial charge is 0.456 e. The molecule has 0 radical (unpaired) electrons. The molecule has 1 atom stereocenters. The number of furan rings is 1. The van der Waals surface area contributed by atoms with E-state index in [1.54, 1.807) is 0 Å². The number of hydrogen-bond donors (Lipinski definition) is 0. The van der Waals surface area contributed by atoms with Crippen LogP contribution in [-0.2, 0) is 0 Å². The van der Waals surface area contributed by atoms with E-state index in [1.165, 1.54) is 59.1 Å². The number of para-hydroxylation sites is 1. The van der Waals surface area contributed by atoms with Gasteiger partial charge >= 0.3 is 0 Å². The van der Waals surface area contributed by atoms with Crippen molar-refractivity contribution in [1.82, 2.24) is 4.98 Å². The van der Waals surface area contributed by atoms with Crippen molar-refractivity contribution < 1.29 is 4.42 Å². The van der Waals surface area contributed by atoms with Crippen LogP contribution >= 0.6 is 11.3 Å². The third-order valence-electron chi connectivity index (χ3n) is 10.4. The van der Waals surface area contributed by atoms with Crippen LogP contribution in [0.15, 0.2) is 162 Å². The van der Waals surface area contributed by atoms with Crippen LogP contribution in [0.25, 0.3) is 86.5 Å². The molecule has 0 saturated heterocycles. The van der Waals surface area contributed by atoms with E-state index in [0.717, 1.165) is 44.1 Å². The first kappa shape index (κ1) is 27.0. The van der Waals surface area contributed by atoms with Gasteiger partial charge in [-0.1, -0.05) is 127 Å². The number of benzene rings is 7. The van der Waals surface area contributed by atoms with Crippen molar-refractivity contribution in [3.05, 3.63) is 174 Å². The third-order valence-corrected chi connectivity index (χ3v) is 11.6. The van der Waals surface area contributed by atoms with Crippen molar-refractivity contribution in [2.75, 3.05) is 0 Å². The standard InChI is InChI=1S/C46H27NOS/c1-2-11-27(12-3-1)37-26-39(47-38-18-8-6-13-29(37)38)34-17-10-19-40-44(34)35-22-21-28(25-41(35)48-40)43-31-15-4-5-16-32(31)45-36(43)24-23-33-30-14-7-9-20-42(30)49-46(33)45/h1-26,43H/t43-/m0/s1. The Kier molecular flexibility index (Phi) is 5.63. The van der Waals surface area contributed by atoms with E-state index in [0.29, 0.717) is 0 Å². The summed E-state index contributed by atoms with van der Waals surface area (Å²) in [5.74, 6) is 0.133. The van der Waals surface area contributed by atoms with E-state index in [4.69, 9.17) is 9.40 Å². The highest BCUT2D eigenvalue weighted by molar-refractivity contribution is 7.26. The molecule has 0 aliphatic heterocycles. The van der Waals surface area contributed by atoms with Crippen LogP contribution in [0.4, 0.5) is 0 Å². The van der Waals surface area contributed by atoms with Gasteiger partial charge in [0, 0.05) is 53.4 Å². The average Bonchev–Trinajstić information content (AvgIpc) is 3.83. The summed E-state index contributed by atoms with van der Waals surface area (Å²) in [4.78, 5) is 5.20. The Hall–Kier alpha value is -6.03. The van der Waals surface area contributed by atoms with Crippen LogP contribution < -0.4 is 0 Å². The Morgan fingerprint density at radius 2 is 1.29 bits per heavy atom. The first-order chi connectivity index (χ1) is 24.3. The monoisotopic (exact) mass is 641 g/mol. The van der Waals surface area contributed by atoms with E-state index in [-0.39, 0.29) is 5.92 Å². The number of aromatic nitrogens is 1. The molecule has 0 unspecified atom stereocenters. The molecule has 0 fully saturated rings. The van der Waals surface area contributed by atoms with Crippen molar-refractivity contribution in [2.45, 2.75) is 5.92 Å². The van der Waals surface area contributed by atoms with E-state index >= 15 is 0 Å². The highest BCUT2D eigenvalue weighted by Gasteiger charge is 2.32. The molecule has 0 saturated carbocycles. The molecule has 3 heteroatoms. The van der Waals surface area contributed by atoms with Crippen LogP contribution in [0.2, 0.25) is 0 Å². The van der Waals surface area contributed by atoms with E-state index in [1.807, 2.05) is 11.3 Å². The second-order valence-electron chi connectivity index (χ2n) is 13.0. The Labute approximate surface area is 286 Å². The minimum absolute atomic E-state index is 0.133. The number of nitrogens with zero attached hydrogens (tertiary/aromatic N) is 1. The summed E-state index contributed by atoms with van der Waals surface area (Å²) in [5.41, 5.74) is 13.8. The Morgan fingerprint density at radius 3 is 2.22 bits per heavy atom. The maximum atomic E-state index is 6.68. The maximum absolute atomic E-state index is 6.68. The zero-order chi connectivity index (χ0) is 32.1. The van der Waals surface area contributed by atoms with Crippen LogP contribution in [-0.4, -0.2) is 4.98 Å². The SMILES string of the molecule is c1ccc(-c2cc(-c3cccc4oc5cc([C@H]6c7ccccc7-c7c6ccc6c7sc7ccccc76)ccc5c34)nc3ccccc23)cc1. The van der Waals surface area contributed by atoms with Gasteiger partial charge in [-0.2, -0.15) is 0 Å². The van der Waals surface area contributed by atoms with E-state index in [9.17, 15) is 0 Å². The molecule has 0 spiro atoms. The Morgan fingerprint density at radius 1 is 0.510 bits per heavy atom. The van der Waals surface area contributed by atoms with Crippen molar-refractivity contribution in [2.24, 2.45) is 0 Å². The van der Waals surface area contributed by atoms with Gasteiger partial charge in [0.2, 0.25) is 0 Å². The maximum Gasteiger partial charge on any atom is 0.136 e. The summed E-state index contributed by atoms with van der Waals surface area (Å²) in [6.07, 6.45) is 0. The first-order valence-electron chi connectivity index (χ1n) is 16.7. The van der Waals surface area contributed by atoms with Gasteiger partial charge in [0.05, 0.1) is 11.2 Å². The van der Waals surface area contributed by atoms with Crippen LogP contribution in [0, 0.1) is 0 Å². The fraction of sp³-hybridized carbons (Fsp3) is 0.0217. The number of pyridine rings is 1. The molecule has 3 heterocycles. The summed E-state index contributed by atoms with van der Waals surface area (Å²) in [6.45, 7) is 0. The lowest BCUT2D eigenvalue weighted by Crippen LogP contribution is -1.98. The van der Waals surface area contributed by atoms with Crippen LogP contribution in [0.1, 0.15) is 22.6 Å². The lowest BCUT2D eigenvalue weighted by atomic mass is 9.88. The van der Waals surface area contributed by atoms with Crippen molar-refractivity contribution >= 4 is 64.4 Å². The van der Waals surface area contributed by atoms with Gasteiger partial charge in [-0.3, -0.25) is 0 Å². The Bertz CT molecular complexity index is 2950. The van der Waals surface area contributed by atoms with Crippen molar-refractivity contribution in [3.8, 4) is 33.5 Å². The molecular weight excluding hydrogens is 615 g/mol. The lowest BCUT2D eigenvalue weighted by molar-refractivity contribution is 0.668. The van der Waals surface area contributed by atoms with E-state index < -0.39 is 0 Å². The number of thiophene rings is 1. The first-order valence-corrected chi connectivity index (χ1v) is 17.6. The van der Waals surface area contributed by atoms with Gasteiger partial charge in [0.15, 0.2) is 0 Å². The summed E-state index contributed by atoms with van der Waals surface area (Å²) in [5, 5.41) is 6.04. The minimum Gasteiger partial charge on any atom is -0.456 e. The Balaban J connectivity index is 1.10. The summed E-state index contributed by atoms with van der Waals surface area (Å²) in [6, 6.07) is 56.8. The minimum atomic E-state index is 0.133. The van der Waals surface area contributed by atoms with Gasteiger partial charge in [-0.15, -0.1) is 11.3 Å². The number of hydrogen-bond acceptors (Lipinski definition) is 3. The van der Waals surface area contributed by atoms with Gasteiger partial charge in [0.1, 0.15) is 11.2 Å². The second kappa shape index (κ2) is 10.2. The molecule has 7 aromatic carbocycles. The molecule has 3 aromatic heterocycles. The van der Waals surface area contributed by atoms with Crippen molar-refractivity contribution in [1.29, 1.82) is 0 Å². The molecule has 1 aliphatic rings. The number of rotatable bonds is 3. The molecule has 49 heavy (non-hydrogen) atoms. The van der Waals surface area contributed by atoms with E-state index in [2.05, 4.69) is 158 Å².